The highest BCUT2D eigenvalue weighted by atomic mass is 35.5. The summed E-state index contributed by atoms with van der Waals surface area (Å²) in [5.74, 6) is -0.175. The number of benzene rings is 2. The van der Waals surface area contributed by atoms with Gasteiger partial charge in [-0.05, 0) is 42.5 Å². The number of hydrogen-bond donors (Lipinski definition) is 1. The molecular weight excluding hydrogens is 330 g/mol. The van der Waals surface area contributed by atoms with Gasteiger partial charge in [0, 0.05) is 10.7 Å². The van der Waals surface area contributed by atoms with Gasteiger partial charge < -0.3 is 10.1 Å². The molecule has 0 bridgehead atoms. The number of halogens is 1. The minimum atomic E-state index is -0.360. The Morgan fingerprint density at radius 2 is 2.04 bits per heavy atom. The predicted octanol–water partition coefficient (Wildman–Crippen LogP) is 2.58. The van der Waals surface area contributed by atoms with Crippen LogP contribution in [0.1, 0.15) is 5.56 Å². The molecule has 0 aliphatic carbocycles. The molecule has 1 aliphatic rings. The second kappa shape index (κ2) is 6.60. The van der Waals surface area contributed by atoms with Gasteiger partial charge in [0.2, 0.25) is 5.91 Å². The highest BCUT2D eigenvalue weighted by molar-refractivity contribution is 6.31. The average molecular weight is 342 g/mol. The molecule has 0 atom stereocenters. The first-order chi connectivity index (χ1) is 11.6. The van der Waals surface area contributed by atoms with Crippen LogP contribution in [0, 0.1) is 11.3 Å². The normalized spacial score (nSPS) is 12.8. The van der Waals surface area contributed by atoms with Crippen LogP contribution in [0.4, 0.5) is 11.4 Å². The lowest BCUT2D eigenvalue weighted by Crippen LogP contribution is -2.43. The van der Waals surface area contributed by atoms with E-state index in [1.807, 2.05) is 6.07 Å². The maximum Gasteiger partial charge on any atom is 0.265 e. The van der Waals surface area contributed by atoms with Gasteiger partial charge in [-0.15, -0.1) is 0 Å². The molecule has 24 heavy (non-hydrogen) atoms. The molecule has 0 unspecified atom stereocenters. The Hall–Kier alpha value is -3.04. The standard InChI is InChI=1S/C17H12ClN3O3/c18-12-3-6-15-14(7-12)21(17(23)10-24-15)9-16(22)20-13-4-1-11(8-19)2-5-13/h1-7H,9-10H2,(H,20,22). The molecule has 1 N–H and O–H groups in total. The van der Waals surface area contributed by atoms with E-state index in [0.29, 0.717) is 27.7 Å². The molecule has 0 fully saturated rings. The number of nitriles is 1. The van der Waals surface area contributed by atoms with Crippen molar-refractivity contribution in [1.82, 2.24) is 0 Å². The second-order valence-electron chi connectivity index (χ2n) is 5.12. The topological polar surface area (TPSA) is 82.4 Å². The highest BCUT2D eigenvalue weighted by Crippen LogP contribution is 2.34. The third-order valence-electron chi connectivity index (χ3n) is 3.46. The molecule has 2 aromatic rings. The van der Waals surface area contributed by atoms with Gasteiger partial charge >= 0.3 is 0 Å². The molecular formula is C17H12ClN3O3. The molecule has 6 nitrogen and oxygen atoms in total. The number of hydrogen-bond acceptors (Lipinski definition) is 4. The molecule has 120 valence electrons. The summed E-state index contributed by atoms with van der Waals surface area (Å²) in [4.78, 5) is 25.7. The van der Waals surface area contributed by atoms with E-state index >= 15 is 0 Å². The van der Waals surface area contributed by atoms with Crippen molar-refractivity contribution >= 4 is 34.8 Å². The fraction of sp³-hybridized carbons (Fsp3) is 0.118. The van der Waals surface area contributed by atoms with Gasteiger partial charge in [0.1, 0.15) is 12.3 Å². The van der Waals surface area contributed by atoms with Crippen LogP contribution in [0.25, 0.3) is 0 Å². The lowest BCUT2D eigenvalue weighted by Gasteiger charge is -2.29. The van der Waals surface area contributed by atoms with Crippen molar-refractivity contribution in [2.75, 3.05) is 23.4 Å². The SMILES string of the molecule is N#Cc1ccc(NC(=O)CN2C(=O)COc3ccc(Cl)cc32)cc1. The van der Waals surface area contributed by atoms with Crippen molar-refractivity contribution in [2.45, 2.75) is 0 Å². The van der Waals surface area contributed by atoms with Crippen LogP contribution in [-0.4, -0.2) is 25.0 Å². The summed E-state index contributed by atoms with van der Waals surface area (Å²) in [5.41, 5.74) is 1.51. The number of carbonyl (C=O) groups is 2. The van der Waals surface area contributed by atoms with Crippen LogP contribution < -0.4 is 15.0 Å². The quantitative estimate of drug-likeness (QED) is 0.930. The molecule has 0 aromatic heterocycles. The molecule has 1 heterocycles. The molecule has 0 saturated heterocycles. The van der Waals surface area contributed by atoms with Crippen LogP contribution >= 0.6 is 11.6 Å². The molecule has 1 aliphatic heterocycles. The summed E-state index contributed by atoms with van der Waals surface area (Å²) >= 11 is 5.96. The zero-order chi connectivity index (χ0) is 17.1. The van der Waals surface area contributed by atoms with Crippen LogP contribution in [0.2, 0.25) is 5.02 Å². The van der Waals surface area contributed by atoms with E-state index in [1.54, 1.807) is 42.5 Å². The summed E-state index contributed by atoms with van der Waals surface area (Å²) in [6.45, 7) is -0.283. The summed E-state index contributed by atoms with van der Waals surface area (Å²) in [7, 11) is 0. The zero-order valence-electron chi connectivity index (χ0n) is 12.5. The first-order valence-electron chi connectivity index (χ1n) is 7.09. The van der Waals surface area contributed by atoms with Crippen LogP contribution in [0.3, 0.4) is 0 Å². The van der Waals surface area contributed by atoms with Gasteiger partial charge in [-0.2, -0.15) is 5.26 Å². The lowest BCUT2D eigenvalue weighted by molar-refractivity contribution is -0.123. The van der Waals surface area contributed by atoms with E-state index < -0.39 is 0 Å². The fourth-order valence-electron chi connectivity index (χ4n) is 2.32. The Balaban J connectivity index is 1.75. The van der Waals surface area contributed by atoms with Crippen LogP contribution in [0.5, 0.6) is 5.75 Å². The Bertz CT molecular complexity index is 843. The van der Waals surface area contributed by atoms with Gasteiger partial charge in [-0.1, -0.05) is 11.6 Å². The van der Waals surface area contributed by atoms with Crippen molar-refractivity contribution in [3.63, 3.8) is 0 Å². The lowest BCUT2D eigenvalue weighted by atomic mass is 10.2. The zero-order valence-corrected chi connectivity index (χ0v) is 13.2. The minimum absolute atomic E-state index is 0.126. The second-order valence-corrected chi connectivity index (χ2v) is 5.55. The van der Waals surface area contributed by atoms with Gasteiger partial charge in [-0.25, -0.2) is 0 Å². The van der Waals surface area contributed by atoms with Crippen molar-refractivity contribution in [2.24, 2.45) is 0 Å². The van der Waals surface area contributed by atoms with E-state index in [2.05, 4.69) is 5.32 Å². The molecule has 0 saturated carbocycles. The Morgan fingerprint density at radius 3 is 2.75 bits per heavy atom. The summed E-state index contributed by atoms with van der Waals surface area (Å²) in [6, 6.07) is 13.4. The number of amides is 2. The van der Waals surface area contributed by atoms with Crippen molar-refractivity contribution in [3.8, 4) is 11.8 Å². The van der Waals surface area contributed by atoms with Gasteiger partial charge in [0.05, 0.1) is 17.3 Å². The monoisotopic (exact) mass is 341 g/mol. The van der Waals surface area contributed by atoms with Crippen molar-refractivity contribution in [1.29, 1.82) is 5.26 Å². The van der Waals surface area contributed by atoms with E-state index in [-0.39, 0.29) is 25.0 Å². The summed E-state index contributed by atoms with van der Waals surface area (Å²) in [6.07, 6.45) is 0. The molecule has 2 aromatic carbocycles. The van der Waals surface area contributed by atoms with E-state index in [0.717, 1.165) is 0 Å². The van der Waals surface area contributed by atoms with E-state index in [9.17, 15) is 9.59 Å². The largest absolute Gasteiger partial charge is 0.482 e. The number of ether oxygens (including phenoxy) is 1. The van der Waals surface area contributed by atoms with E-state index in [4.69, 9.17) is 21.6 Å². The van der Waals surface area contributed by atoms with Crippen molar-refractivity contribution in [3.05, 3.63) is 53.1 Å². The Kier molecular flexibility index (Phi) is 4.36. The maximum atomic E-state index is 12.2. The summed E-state index contributed by atoms with van der Waals surface area (Å²) < 4.78 is 5.33. The van der Waals surface area contributed by atoms with Crippen molar-refractivity contribution < 1.29 is 14.3 Å². The van der Waals surface area contributed by atoms with Crippen LogP contribution in [0.15, 0.2) is 42.5 Å². The number of carbonyl (C=O) groups excluding carboxylic acids is 2. The van der Waals surface area contributed by atoms with Gasteiger partial charge in [0.25, 0.3) is 5.91 Å². The molecule has 0 spiro atoms. The number of anilines is 2. The first-order valence-corrected chi connectivity index (χ1v) is 7.47. The molecule has 3 rings (SSSR count). The molecule has 0 radical (unpaired) electrons. The third kappa shape index (κ3) is 3.31. The number of fused-ring (bicyclic) bond motifs is 1. The number of rotatable bonds is 3. The summed E-state index contributed by atoms with van der Waals surface area (Å²) in [5, 5.41) is 11.9. The van der Waals surface area contributed by atoms with E-state index in [1.165, 1.54) is 4.90 Å². The smallest absolute Gasteiger partial charge is 0.265 e. The van der Waals surface area contributed by atoms with Gasteiger partial charge in [-0.3, -0.25) is 14.5 Å². The van der Waals surface area contributed by atoms with Gasteiger partial charge in [0.15, 0.2) is 6.61 Å². The fourth-order valence-corrected chi connectivity index (χ4v) is 2.49. The Labute approximate surface area is 143 Å². The molecule has 7 heteroatoms. The minimum Gasteiger partial charge on any atom is -0.482 e. The Morgan fingerprint density at radius 1 is 1.29 bits per heavy atom. The number of nitrogens with zero attached hydrogens (tertiary/aromatic N) is 2. The predicted molar refractivity (Wildman–Crippen MR) is 89.1 cm³/mol. The maximum absolute atomic E-state index is 12.2. The third-order valence-corrected chi connectivity index (χ3v) is 3.70. The van der Waals surface area contributed by atoms with Crippen LogP contribution in [-0.2, 0) is 9.59 Å². The average Bonchev–Trinajstić information content (AvgIpc) is 2.58. The molecule has 2 amide bonds. The number of nitrogens with one attached hydrogen (secondary N) is 1. The highest BCUT2D eigenvalue weighted by Gasteiger charge is 2.27. The first kappa shape index (κ1) is 15.8.